The molecule has 0 bridgehead atoms. The summed E-state index contributed by atoms with van der Waals surface area (Å²) in [5.41, 5.74) is 0.739. The largest absolute Gasteiger partial charge is 0.507 e. The first-order valence-corrected chi connectivity index (χ1v) is 6.43. The van der Waals surface area contributed by atoms with Gasteiger partial charge in [0.05, 0.1) is 11.1 Å². The molecule has 1 heterocycles. The number of phenols is 2. The summed E-state index contributed by atoms with van der Waals surface area (Å²) in [6.07, 6.45) is 1.85. The number of aliphatic imine (C=N–C) groups is 1. The summed E-state index contributed by atoms with van der Waals surface area (Å²) in [6, 6.07) is 6.38. The molecule has 1 aliphatic carbocycles. The number of hydrogen-bond acceptors (Lipinski definition) is 5. The normalized spacial score (nSPS) is 14.9. The molecule has 5 nitrogen and oxygen atoms in total. The van der Waals surface area contributed by atoms with Gasteiger partial charge >= 0.3 is 0 Å². The van der Waals surface area contributed by atoms with Crippen molar-refractivity contribution >= 4 is 23.5 Å². The molecule has 0 fully saturated rings. The van der Waals surface area contributed by atoms with Crippen LogP contribution in [0.4, 0.5) is 5.69 Å². The maximum absolute atomic E-state index is 12.6. The van der Waals surface area contributed by atoms with Crippen molar-refractivity contribution in [3.05, 3.63) is 52.1 Å². The van der Waals surface area contributed by atoms with E-state index in [0.29, 0.717) is 12.0 Å². The second-order valence-corrected chi connectivity index (χ2v) is 4.99. The molecule has 2 N–H and O–H groups in total. The quantitative estimate of drug-likeness (QED) is 0.617. The molecule has 0 saturated heterocycles. The van der Waals surface area contributed by atoms with Crippen molar-refractivity contribution < 1.29 is 19.8 Å². The summed E-state index contributed by atoms with van der Waals surface area (Å²) < 4.78 is 0. The average molecular weight is 279 g/mol. The van der Waals surface area contributed by atoms with Crippen LogP contribution < -0.4 is 0 Å². The van der Waals surface area contributed by atoms with E-state index >= 15 is 0 Å². The Morgan fingerprint density at radius 3 is 2.10 bits per heavy atom. The minimum absolute atomic E-state index is 0.125. The fourth-order valence-corrected chi connectivity index (χ4v) is 2.91. The Balaban J connectivity index is 2.13. The predicted octanol–water partition coefficient (Wildman–Crippen LogP) is 2.13. The highest BCUT2D eigenvalue weighted by Gasteiger charge is 2.37. The molecule has 0 radical (unpaired) electrons. The number of ketones is 2. The molecule has 2 aromatic rings. The average Bonchev–Trinajstić information content (AvgIpc) is 2.98. The van der Waals surface area contributed by atoms with Gasteiger partial charge in [-0.15, -0.1) is 0 Å². The lowest BCUT2D eigenvalue weighted by Crippen LogP contribution is -2.21. The van der Waals surface area contributed by atoms with Gasteiger partial charge in [-0.2, -0.15) is 0 Å². The van der Waals surface area contributed by atoms with Crippen LogP contribution in [-0.4, -0.2) is 28.0 Å². The van der Waals surface area contributed by atoms with Gasteiger partial charge in [0.1, 0.15) is 11.4 Å². The van der Waals surface area contributed by atoms with Crippen LogP contribution in [-0.2, 0) is 6.42 Å². The molecular formula is C16H9NO4. The molecule has 102 valence electrons. The Kier molecular flexibility index (Phi) is 2.14. The van der Waals surface area contributed by atoms with E-state index in [1.165, 1.54) is 12.3 Å². The third-order valence-corrected chi connectivity index (χ3v) is 3.91. The summed E-state index contributed by atoms with van der Waals surface area (Å²) in [4.78, 5) is 29.1. The van der Waals surface area contributed by atoms with Crippen LogP contribution in [0.3, 0.4) is 0 Å². The highest BCUT2D eigenvalue weighted by atomic mass is 16.3. The highest BCUT2D eigenvalue weighted by molar-refractivity contribution is 6.31. The number of phenolic OH excluding ortho intramolecular Hbond substituents is 2. The van der Waals surface area contributed by atoms with Crippen molar-refractivity contribution in [1.82, 2.24) is 0 Å². The van der Waals surface area contributed by atoms with Gasteiger partial charge in [0.2, 0.25) is 0 Å². The van der Waals surface area contributed by atoms with Gasteiger partial charge in [0.15, 0.2) is 17.3 Å². The zero-order chi connectivity index (χ0) is 14.7. The number of carbonyl (C=O) groups is 2. The summed E-state index contributed by atoms with van der Waals surface area (Å²) in [5, 5.41) is 20.6. The van der Waals surface area contributed by atoms with Gasteiger partial charge in [-0.25, -0.2) is 0 Å². The number of aromatic hydroxyl groups is 2. The lowest BCUT2D eigenvalue weighted by Gasteiger charge is -2.21. The van der Waals surface area contributed by atoms with Crippen molar-refractivity contribution in [3.63, 3.8) is 0 Å². The topological polar surface area (TPSA) is 87.0 Å². The summed E-state index contributed by atoms with van der Waals surface area (Å²) in [6.45, 7) is 0. The zero-order valence-electron chi connectivity index (χ0n) is 10.8. The molecule has 0 saturated carbocycles. The van der Waals surface area contributed by atoms with Gasteiger partial charge in [0, 0.05) is 29.3 Å². The number of carbonyl (C=O) groups excluding carboxylic acids is 2. The van der Waals surface area contributed by atoms with Crippen molar-refractivity contribution in [1.29, 1.82) is 0 Å². The predicted molar refractivity (Wildman–Crippen MR) is 74.9 cm³/mol. The fourth-order valence-electron chi connectivity index (χ4n) is 2.91. The van der Waals surface area contributed by atoms with E-state index in [1.807, 2.05) is 0 Å². The Morgan fingerprint density at radius 2 is 1.48 bits per heavy atom. The van der Waals surface area contributed by atoms with Gasteiger partial charge in [0.25, 0.3) is 0 Å². The first-order chi connectivity index (χ1) is 10.1. The van der Waals surface area contributed by atoms with Crippen LogP contribution in [0.2, 0.25) is 0 Å². The van der Waals surface area contributed by atoms with Crippen LogP contribution in [0, 0.1) is 0 Å². The van der Waals surface area contributed by atoms with Crippen LogP contribution >= 0.6 is 0 Å². The number of hydrogen-bond donors (Lipinski definition) is 2. The Morgan fingerprint density at radius 1 is 0.905 bits per heavy atom. The lowest BCUT2D eigenvalue weighted by molar-refractivity contribution is 0.0974. The van der Waals surface area contributed by atoms with Crippen LogP contribution in [0.1, 0.15) is 37.4 Å². The third kappa shape index (κ3) is 1.32. The Bertz CT molecular complexity index is 880. The summed E-state index contributed by atoms with van der Waals surface area (Å²) >= 11 is 0. The van der Waals surface area contributed by atoms with E-state index in [2.05, 4.69) is 4.99 Å². The molecule has 0 atom stereocenters. The number of nitrogens with zero attached hydrogens (tertiary/aromatic N) is 1. The van der Waals surface area contributed by atoms with Crippen LogP contribution in [0.25, 0.3) is 0 Å². The van der Waals surface area contributed by atoms with E-state index in [0.717, 1.165) is 0 Å². The van der Waals surface area contributed by atoms with E-state index in [1.54, 1.807) is 18.2 Å². The first-order valence-electron chi connectivity index (χ1n) is 6.43. The van der Waals surface area contributed by atoms with E-state index in [4.69, 9.17) is 0 Å². The van der Waals surface area contributed by atoms with Gasteiger partial charge < -0.3 is 10.2 Å². The molecular weight excluding hydrogens is 270 g/mol. The SMILES string of the molecule is O=C1c2ccccc2C(=O)c2c(O)c3c(c(O)c21)CC=N3. The molecule has 0 unspecified atom stereocenters. The highest BCUT2D eigenvalue weighted by Crippen LogP contribution is 2.48. The van der Waals surface area contributed by atoms with Crippen molar-refractivity contribution in [3.8, 4) is 11.5 Å². The smallest absolute Gasteiger partial charge is 0.198 e. The van der Waals surface area contributed by atoms with E-state index < -0.39 is 11.6 Å². The van der Waals surface area contributed by atoms with Crippen molar-refractivity contribution in [2.24, 2.45) is 4.99 Å². The maximum Gasteiger partial charge on any atom is 0.198 e. The van der Waals surface area contributed by atoms with E-state index in [9.17, 15) is 19.8 Å². The maximum atomic E-state index is 12.6. The summed E-state index contributed by atoms with van der Waals surface area (Å²) in [7, 11) is 0. The Hall–Kier alpha value is -2.95. The fraction of sp³-hybridized carbons (Fsp3) is 0.0625. The standard InChI is InChI=1S/C16H9NO4/c18-13-7-3-1-2-4-8(7)14(19)11-10(13)15(20)9-5-6-17-12(9)16(11)21/h1-4,6,20-21H,5H2. The van der Waals surface area contributed by atoms with Crippen LogP contribution in [0.5, 0.6) is 11.5 Å². The molecule has 21 heavy (non-hydrogen) atoms. The first kappa shape index (κ1) is 11.8. The third-order valence-electron chi connectivity index (χ3n) is 3.91. The van der Waals surface area contributed by atoms with Crippen LogP contribution in [0.15, 0.2) is 29.3 Å². The number of benzene rings is 2. The second kappa shape index (κ2) is 3.79. The Labute approximate surface area is 119 Å². The lowest BCUT2D eigenvalue weighted by atomic mass is 9.81. The number of fused-ring (bicyclic) bond motifs is 3. The molecule has 0 spiro atoms. The molecule has 5 heteroatoms. The van der Waals surface area contributed by atoms with Gasteiger partial charge in [-0.1, -0.05) is 24.3 Å². The van der Waals surface area contributed by atoms with Gasteiger partial charge in [-0.05, 0) is 0 Å². The minimum atomic E-state index is -0.474. The molecule has 2 aromatic carbocycles. The molecule has 2 aliphatic rings. The van der Waals surface area contributed by atoms with Crippen molar-refractivity contribution in [2.75, 3.05) is 0 Å². The monoisotopic (exact) mass is 279 g/mol. The molecule has 0 amide bonds. The second-order valence-electron chi connectivity index (χ2n) is 4.99. The zero-order valence-corrected chi connectivity index (χ0v) is 10.8. The van der Waals surface area contributed by atoms with Gasteiger partial charge in [-0.3, -0.25) is 14.6 Å². The minimum Gasteiger partial charge on any atom is -0.507 e. The molecule has 1 aliphatic heterocycles. The van der Waals surface area contributed by atoms with Crippen molar-refractivity contribution in [2.45, 2.75) is 6.42 Å². The summed E-state index contributed by atoms with van der Waals surface area (Å²) in [5.74, 6) is -1.52. The molecule has 4 rings (SSSR count). The number of rotatable bonds is 0. The van der Waals surface area contributed by atoms with E-state index in [-0.39, 0.29) is 39.4 Å². The molecule has 0 aromatic heterocycles.